The Morgan fingerprint density at radius 3 is 2.81 bits per heavy atom. The fourth-order valence-corrected chi connectivity index (χ4v) is 6.16. The minimum atomic E-state index is -0.129. The quantitative estimate of drug-likeness (QED) is 0.320. The van der Waals surface area contributed by atoms with Crippen LogP contribution in [-0.4, -0.2) is 27.0 Å². The number of benzene rings is 3. The molecule has 1 amide bonds. The average Bonchev–Trinajstić information content (AvgIpc) is 3.22. The Morgan fingerprint density at radius 1 is 1.12 bits per heavy atom. The number of aromatic nitrogens is 2. The van der Waals surface area contributed by atoms with E-state index in [1.807, 2.05) is 84.3 Å². The van der Waals surface area contributed by atoms with Crippen molar-refractivity contribution in [2.45, 2.75) is 23.0 Å². The number of amides is 1. The highest BCUT2D eigenvalue weighted by Crippen LogP contribution is 2.36. The van der Waals surface area contributed by atoms with E-state index in [0.29, 0.717) is 10.9 Å². The Hall–Kier alpha value is -3.03. The summed E-state index contributed by atoms with van der Waals surface area (Å²) < 4.78 is 1.83. The molecule has 0 bridgehead atoms. The summed E-state index contributed by atoms with van der Waals surface area (Å²) in [6, 6.07) is 22.9. The van der Waals surface area contributed by atoms with Gasteiger partial charge < -0.3 is 5.32 Å². The van der Waals surface area contributed by atoms with E-state index in [1.165, 1.54) is 0 Å². The van der Waals surface area contributed by atoms with Crippen LogP contribution in [-0.2, 0) is 0 Å². The van der Waals surface area contributed by atoms with Crippen LogP contribution in [0.4, 0.5) is 5.69 Å². The van der Waals surface area contributed by atoms with Crippen LogP contribution in [0.15, 0.2) is 87.6 Å². The minimum Gasteiger partial charge on any atom is -0.321 e. The molecule has 32 heavy (non-hydrogen) atoms. The molecule has 0 spiro atoms. The number of aryl methyl sites for hydroxylation is 1. The lowest BCUT2D eigenvalue weighted by atomic mass is 10.1. The van der Waals surface area contributed by atoms with Crippen LogP contribution >= 0.6 is 23.5 Å². The summed E-state index contributed by atoms with van der Waals surface area (Å²) in [5.41, 5.74) is 3.22. The van der Waals surface area contributed by atoms with E-state index in [-0.39, 0.29) is 17.5 Å². The number of nitrogens with zero attached hydrogens (tertiary/aromatic N) is 2. The Kier molecular flexibility index (Phi) is 5.76. The summed E-state index contributed by atoms with van der Waals surface area (Å²) in [6.07, 6.45) is 0. The van der Waals surface area contributed by atoms with Gasteiger partial charge in [-0.15, -0.1) is 11.8 Å². The van der Waals surface area contributed by atoms with Crippen molar-refractivity contribution in [3.8, 4) is 0 Å². The molecule has 4 aromatic rings. The second-order valence-corrected chi connectivity index (χ2v) is 9.73. The zero-order valence-corrected chi connectivity index (χ0v) is 19.1. The van der Waals surface area contributed by atoms with Crippen molar-refractivity contribution in [1.82, 2.24) is 9.55 Å². The second kappa shape index (κ2) is 8.84. The first-order chi connectivity index (χ1) is 15.6. The summed E-state index contributed by atoms with van der Waals surface area (Å²) in [6.45, 7) is 1.97. The molecule has 1 N–H and O–H groups in total. The first-order valence-electron chi connectivity index (χ1n) is 10.3. The number of hydrogen-bond donors (Lipinski definition) is 1. The third kappa shape index (κ3) is 4.06. The lowest BCUT2D eigenvalue weighted by Crippen LogP contribution is -2.26. The predicted octanol–water partition coefficient (Wildman–Crippen LogP) is 5.40. The lowest BCUT2D eigenvalue weighted by Gasteiger charge is -2.15. The molecule has 0 aliphatic carbocycles. The summed E-state index contributed by atoms with van der Waals surface area (Å²) in [4.78, 5) is 31.5. The van der Waals surface area contributed by atoms with Crippen molar-refractivity contribution in [2.75, 3.05) is 16.8 Å². The number of para-hydroxylation sites is 2. The molecule has 0 unspecified atom stereocenters. The van der Waals surface area contributed by atoms with Crippen molar-refractivity contribution in [3.63, 3.8) is 0 Å². The molecule has 0 saturated heterocycles. The number of hydrogen-bond acceptors (Lipinski definition) is 5. The number of carbonyl (C=O) groups excluding carboxylic acids is 1. The SMILES string of the molecule is Cc1cccc(C(=O)Nc2ccccc2SC[C@@H]2CSc3nc4ccccc4c(=O)n32)c1. The zero-order valence-electron chi connectivity index (χ0n) is 17.4. The van der Waals surface area contributed by atoms with Gasteiger partial charge in [0.05, 0.1) is 22.6 Å². The van der Waals surface area contributed by atoms with Crippen LogP contribution in [0, 0.1) is 6.92 Å². The molecule has 1 aliphatic rings. The molecule has 2 heterocycles. The van der Waals surface area contributed by atoms with Crippen molar-refractivity contribution in [2.24, 2.45) is 0 Å². The van der Waals surface area contributed by atoms with E-state index >= 15 is 0 Å². The van der Waals surface area contributed by atoms with E-state index in [0.717, 1.165) is 38.3 Å². The van der Waals surface area contributed by atoms with Crippen LogP contribution in [0.1, 0.15) is 22.0 Å². The monoisotopic (exact) mass is 459 g/mol. The first-order valence-corrected chi connectivity index (χ1v) is 12.3. The van der Waals surface area contributed by atoms with Gasteiger partial charge in [-0.05, 0) is 43.3 Å². The Labute approximate surface area is 194 Å². The topological polar surface area (TPSA) is 64.0 Å². The predicted molar refractivity (Wildman–Crippen MR) is 132 cm³/mol. The number of fused-ring (bicyclic) bond motifs is 2. The standard InChI is InChI=1S/C25H21N3O2S2/c1-16-7-6-8-17(13-16)23(29)26-21-11-4-5-12-22(21)31-14-18-15-32-25-27-20-10-3-2-9-19(20)24(30)28(18)25/h2-13,18H,14-15H2,1H3,(H,26,29)/t18-/m1/s1. The second-order valence-electron chi connectivity index (χ2n) is 7.68. The fraction of sp³-hybridized carbons (Fsp3) is 0.160. The molecular formula is C25H21N3O2S2. The largest absolute Gasteiger partial charge is 0.321 e. The molecule has 5 nitrogen and oxygen atoms in total. The van der Waals surface area contributed by atoms with Gasteiger partial charge in [0.2, 0.25) is 0 Å². The van der Waals surface area contributed by atoms with E-state index in [4.69, 9.17) is 0 Å². The molecule has 0 saturated carbocycles. The average molecular weight is 460 g/mol. The van der Waals surface area contributed by atoms with Crippen molar-refractivity contribution in [3.05, 3.63) is 94.3 Å². The Morgan fingerprint density at radius 2 is 1.94 bits per heavy atom. The molecule has 5 rings (SSSR count). The molecule has 1 aromatic heterocycles. The number of anilines is 1. The van der Waals surface area contributed by atoms with E-state index in [1.54, 1.807) is 23.5 Å². The molecular weight excluding hydrogens is 438 g/mol. The van der Waals surface area contributed by atoms with E-state index in [9.17, 15) is 9.59 Å². The highest BCUT2D eigenvalue weighted by Gasteiger charge is 2.26. The molecule has 0 radical (unpaired) electrons. The summed E-state index contributed by atoms with van der Waals surface area (Å²) in [7, 11) is 0. The van der Waals surface area contributed by atoms with Gasteiger partial charge in [-0.1, -0.05) is 53.7 Å². The number of carbonyl (C=O) groups is 1. The van der Waals surface area contributed by atoms with Crippen LogP contribution in [0.3, 0.4) is 0 Å². The molecule has 0 fully saturated rings. The summed E-state index contributed by atoms with van der Waals surface area (Å²) in [5.74, 6) is 1.40. The summed E-state index contributed by atoms with van der Waals surface area (Å²) in [5, 5.41) is 4.47. The molecule has 160 valence electrons. The molecule has 1 aliphatic heterocycles. The lowest BCUT2D eigenvalue weighted by molar-refractivity contribution is 0.102. The van der Waals surface area contributed by atoms with Crippen LogP contribution < -0.4 is 10.9 Å². The number of thioether (sulfide) groups is 2. The molecule has 7 heteroatoms. The van der Waals surface area contributed by atoms with Crippen LogP contribution in [0.25, 0.3) is 10.9 Å². The number of rotatable bonds is 5. The third-order valence-corrected chi connectivity index (χ3v) is 7.71. The van der Waals surface area contributed by atoms with Gasteiger partial charge in [0.1, 0.15) is 0 Å². The maximum atomic E-state index is 13.1. The van der Waals surface area contributed by atoms with Crippen LogP contribution in [0.5, 0.6) is 0 Å². The number of nitrogens with one attached hydrogen (secondary N) is 1. The van der Waals surface area contributed by atoms with Gasteiger partial charge in [0.25, 0.3) is 11.5 Å². The fourth-order valence-electron chi connectivity index (χ4n) is 3.78. The normalized spacial score (nSPS) is 15.0. The van der Waals surface area contributed by atoms with E-state index in [2.05, 4.69) is 10.3 Å². The minimum absolute atomic E-state index is 0.0160. The molecule has 3 aromatic carbocycles. The van der Waals surface area contributed by atoms with Crippen molar-refractivity contribution >= 4 is 46.0 Å². The van der Waals surface area contributed by atoms with Gasteiger partial charge in [0, 0.05) is 22.0 Å². The highest BCUT2D eigenvalue weighted by atomic mass is 32.2. The van der Waals surface area contributed by atoms with Crippen molar-refractivity contribution in [1.29, 1.82) is 0 Å². The van der Waals surface area contributed by atoms with Crippen molar-refractivity contribution < 1.29 is 4.79 Å². The first kappa shape index (κ1) is 20.8. The zero-order chi connectivity index (χ0) is 22.1. The molecule has 1 atom stereocenters. The smallest absolute Gasteiger partial charge is 0.262 e. The van der Waals surface area contributed by atoms with E-state index < -0.39 is 0 Å². The Bertz CT molecular complexity index is 1380. The Balaban J connectivity index is 1.36. The summed E-state index contributed by atoms with van der Waals surface area (Å²) >= 11 is 3.27. The maximum absolute atomic E-state index is 13.1. The van der Waals surface area contributed by atoms with Gasteiger partial charge in [-0.25, -0.2) is 4.98 Å². The van der Waals surface area contributed by atoms with Gasteiger partial charge in [0.15, 0.2) is 5.16 Å². The van der Waals surface area contributed by atoms with Crippen LogP contribution in [0.2, 0.25) is 0 Å². The van der Waals surface area contributed by atoms with Gasteiger partial charge >= 0.3 is 0 Å². The van der Waals surface area contributed by atoms with Gasteiger partial charge in [-0.3, -0.25) is 14.2 Å². The highest BCUT2D eigenvalue weighted by molar-refractivity contribution is 8.00. The maximum Gasteiger partial charge on any atom is 0.262 e. The van der Waals surface area contributed by atoms with Gasteiger partial charge in [-0.2, -0.15) is 0 Å². The third-order valence-electron chi connectivity index (χ3n) is 5.39.